The third-order valence-corrected chi connectivity index (χ3v) is 1.04. The van der Waals surface area contributed by atoms with Crippen LogP contribution in [-0.4, -0.2) is 23.2 Å². The summed E-state index contributed by atoms with van der Waals surface area (Å²) in [6.45, 7) is 1.15. The number of halogens is 3. The van der Waals surface area contributed by atoms with Crippen molar-refractivity contribution in [3.05, 3.63) is 0 Å². The van der Waals surface area contributed by atoms with Crippen LogP contribution in [0.3, 0.4) is 0 Å². The van der Waals surface area contributed by atoms with Crippen LogP contribution < -0.4 is 0 Å². The molecule has 0 spiro atoms. The molecule has 60 valence electrons. The van der Waals surface area contributed by atoms with E-state index in [1.54, 1.807) is 0 Å². The molecule has 0 radical (unpaired) electrons. The van der Waals surface area contributed by atoms with E-state index in [9.17, 15) is 18.0 Å². The third kappa shape index (κ3) is 1.62. The number of hydrogen-bond acceptors (Lipinski definition) is 1. The van der Waals surface area contributed by atoms with Gasteiger partial charge in [-0.1, -0.05) is 6.92 Å². The van der Waals surface area contributed by atoms with E-state index in [0.29, 0.717) is 0 Å². The van der Waals surface area contributed by atoms with Gasteiger partial charge in [0.2, 0.25) is 0 Å². The number of rotatable bonds is 3. The second-order valence-electron chi connectivity index (χ2n) is 1.80. The highest BCUT2D eigenvalue weighted by molar-refractivity contribution is 5.76. The Morgan fingerprint density at radius 3 is 2.20 bits per heavy atom. The average molecular weight is 156 g/mol. The molecule has 1 unspecified atom stereocenters. The van der Waals surface area contributed by atoms with Crippen molar-refractivity contribution in [1.82, 2.24) is 0 Å². The smallest absolute Gasteiger partial charge is 0.377 e. The molecule has 0 fully saturated rings. The summed E-state index contributed by atoms with van der Waals surface area (Å²) in [4.78, 5) is 9.63. The molecule has 0 aromatic carbocycles. The summed E-state index contributed by atoms with van der Waals surface area (Å²) >= 11 is 0. The van der Waals surface area contributed by atoms with Crippen LogP contribution in [0, 0.1) is 0 Å². The summed E-state index contributed by atoms with van der Waals surface area (Å²) in [5, 5.41) is 7.75. The molecule has 0 bridgehead atoms. The summed E-state index contributed by atoms with van der Waals surface area (Å²) in [5.74, 6) is -6.66. The maximum atomic E-state index is 12.0. The Bertz CT molecular complexity index is 135. The van der Waals surface area contributed by atoms with E-state index in [4.69, 9.17) is 5.11 Å². The molecule has 0 aromatic heterocycles. The zero-order chi connectivity index (χ0) is 8.36. The van der Waals surface area contributed by atoms with Gasteiger partial charge in [-0.2, -0.15) is 8.78 Å². The molecular formula is C5H7F3O2. The predicted molar refractivity (Wildman–Crippen MR) is 27.8 cm³/mol. The van der Waals surface area contributed by atoms with Gasteiger partial charge < -0.3 is 5.11 Å². The van der Waals surface area contributed by atoms with Crippen LogP contribution in [0.2, 0.25) is 0 Å². The molecule has 1 N–H and O–H groups in total. The summed E-state index contributed by atoms with van der Waals surface area (Å²) in [7, 11) is 0. The van der Waals surface area contributed by atoms with E-state index in [2.05, 4.69) is 0 Å². The molecule has 0 saturated carbocycles. The van der Waals surface area contributed by atoms with Crippen LogP contribution in [0.5, 0.6) is 0 Å². The van der Waals surface area contributed by atoms with E-state index in [1.807, 2.05) is 0 Å². The Morgan fingerprint density at radius 1 is 1.70 bits per heavy atom. The fourth-order valence-electron chi connectivity index (χ4n) is 0.390. The van der Waals surface area contributed by atoms with E-state index >= 15 is 0 Å². The van der Waals surface area contributed by atoms with Crippen LogP contribution >= 0.6 is 0 Å². The Kier molecular flexibility index (Phi) is 2.68. The molecule has 0 aliphatic heterocycles. The van der Waals surface area contributed by atoms with Crippen molar-refractivity contribution < 1.29 is 23.1 Å². The second kappa shape index (κ2) is 2.90. The fourth-order valence-corrected chi connectivity index (χ4v) is 0.390. The number of carbonyl (C=O) groups is 1. The zero-order valence-corrected chi connectivity index (χ0v) is 5.27. The minimum absolute atomic E-state index is 0.501. The van der Waals surface area contributed by atoms with Crippen LogP contribution in [0.1, 0.15) is 13.3 Å². The monoisotopic (exact) mass is 156 g/mol. The van der Waals surface area contributed by atoms with Gasteiger partial charge in [0.1, 0.15) is 0 Å². The van der Waals surface area contributed by atoms with Gasteiger partial charge in [-0.3, -0.25) is 0 Å². The number of alkyl halides is 3. The van der Waals surface area contributed by atoms with Crippen molar-refractivity contribution in [2.75, 3.05) is 0 Å². The first kappa shape index (κ1) is 9.26. The highest BCUT2D eigenvalue weighted by atomic mass is 19.3. The van der Waals surface area contributed by atoms with Gasteiger partial charge in [-0.05, 0) is 6.42 Å². The SMILES string of the molecule is CCC(F)C(F)(F)C(=O)O. The number of hydrogen-bond donors (Lipinski definition) is 1. The lowest BCUT2D eigenvalue weighted by Gasteiger charge is -2.13. The number of aliphatic carboxylic acids is 1. The molecule has 0 saturated heterocycles. The quantitative estimate of drug-likeness (QED) is 0.671. The fraction of sp³-hybridized carbons (Fsp3) is 0.800. The van der Waals surface area contributed by atoms with Crippen molar-refractivity contribution in [3.63, 3.8) is 0 Å². The van der Waals surface area contributed by atoms with Crippen molar-refractivity contribution in [1.29, 1.82) is 0 Å². The summed E-state index contributed by atoms with van der Waals surface area (Å²) in [5.41, 5.74) is 0. The van der Waals surface area contributed by atoms with Gasteiger partial charge >= 0.3 is 11.9 Å². The second-order valence-corrected chi connectivity index (χ2v) is 1.80. The van der Waals surface area contributed by atoms with E-state index in [-0.39, 0.29) is 0 Å². The van der Waals surface area contributed by atoms with Crippen molar-refractivity contribution in [2.45, 2.75) is 25.4 Å². The normalized spacial score (nSPS) is 14.8. The highest BCUT2D eigenvalue weighted by Gasteiger charge is 2.47. The van der Waals surface area contributed by atoms with Crippen LogP contribution in [0.4, 0.5) is 13.2 Å². The first-order valence-electron chi connectivity index (χ1n) is 2.68. The largest absolute Gasteiger partial charge is 0.477 e. The lowest BCUT2D eigenvalue weighted by molar-refractivity contribution is -0.175. The molecule has 0 amide bonds. The van der Waals surface area contributed by atoms with Gasteiger partial charge in [0.25, 0.3) is 0 Å². The standard InChI is InChI=1S/C5H7F3O2/c1-2-3(6)5(7,8)4(9)10/h3H,2H2,1H3,(H,9,10). The lowest BCUT2D eigenvalue weighted by atomic mass is 10.2. The Balaban J connectivity index is 4.23. The van der Waals surface area contributed by atoms with Crippen LogP contribution in [0.25, 0.3) is 0 Å². The first-order valence-corrected chi connectivity index (χ1v) is 2.68. The number of carboxylic acid groups (broad SMARTS) is 1. The van der Waals surface area contributed by atoms with E-state index < -0.39 is 24.5 Å². The highest BCUT2D eigenvalue weighted by Crippen LogP contribution is 2.23. The Labute approximate surface area is 55.7 Å². The van der Waals surface area contributed by atoms with Gasteiger partial charge in [0.15, 0.2) is 6.17 Å². The van der Waals surface area contributed by atoms with Gasteiger partial charge in [0.05, 0.1) is 0 Å². The predicted octanol–water partition coefficient (Wildman–Crippen LogP) is 1.45. The maximum absolute atomic E-state index is 12.0. The molecule has 2 nitrogen and oxygen atoms in total. The molecule has 10 heavy (non-hydrogen) atoms. The van der Waals surface area contributed by atoms with Crippen LogP contribution in [-0.2, 0) is 4.79 Å². The minimum Gasteiger partial charge on any atom is -0.477 e. The van der Waals surface area contributed by atoms with Gasteiger partial charge in [-0.15, -0.1) is 0 Å². The first-order chi connectivity index (χ1) is 4.42. The Morgan fingerprint density at radius 2 is 2.10 bits per heavy atom. The Hall–Kier alpha value is -0.740. The van der Waals surface area contributed by atoms with E-state index in [1.165, 1.54) is 0 Å². The molecule has 0 aliphatic carbocycles. The minimum atomic E-state index is -4.24. The molecular weight excluding hydrogens is 149 g/mol. The summed E-state index contributed by atoms with van der Waals surface area (Å²) < 4.78 is 36.0. The zero-order valence-electron chi connectivity index (χ0n) is 5.27. The van der Waals surface area contributed by atoms with Gasteiger partial charge in [0, 0.05) is 0 Å². The lowest BCUT2D eigenvalue weighted by Crippen LogP contribution is -2.38. The molecule has 0 rings (SSSR count). The van der Waals surface area contributed by atoms with Crippen molar-refractivity contribution in [3.8, 4) is 0 Å². The summed E-state index contributed by atoms with van der Waals surface area (Å²) in [6, 6.07) is 0. The topological polar surface area (TPSA) is 37.3 Å². The van der Waals surface area contributed by atoms with Gasteiger partial charge in [-0.25, -0.2) is 9.18 Å². The third-order valence-electron chi connectivity index (χ3n) is 1.04. The molecule has 5 heteroatoms. The van der Waals surface area contributed by atoms with Crippen molar-refractivity contribution in [2.24, 2.45) is 0 Å². The molecule has 0 aliphatic rings. The van der Waals surface area contributed by atoms with Crippen LogP contribution in [0.15, 0.2) is 0 Å². The number of carboxylic acids is 1. The maximum Gasteiger partial charge on any atom is 0.377 e. The molecule has 0 heterocycles. The molecule has 1 atom stereocenters. The average Bonchev–Trinajstić information content (AvgIpc) is 1.86. The molecule has 0 aromatic rings. The van der Waals surface area contributed by atoms with Crippen molar-refractivity contribution >= 4 is 5.97 Å². The summed E-state index contributed by atoms with van der Waals surface area (Å²) in [6.07, 6.45) is -3.09. The van der Waals surface area contributed by atoms with E-state index in [0.717, 1.165) is 6.92 Å².